The van der Waals surface area contributed by atoms with E-state index in [1.807, 2.05) is 13.8 Å². The number of likely N-dealkylation sites (N-methyl/N-ethyl adjacent to an activating group) is 1. The number of nitrogens with zero attached hydrogens (tertiary/aromatic N) is 3. The largest absolute Gasteiger partial charge is 0.383 e. The first kappa shape index (κ1) is 17.9. The molecule has 0 aliphatic rings. The van der Waals surface area contributed by atoms with E-state index in [1.165, 1.54) is 23.1 Å². The van der Waals surface area contributed by atoms with Gasteiger partial charge in [0.25, 0.3) is 0 Å². The van der Waals surface area contributed by atoms with Crippen molar-refractivity contribution < 1.29 is 9.53 Å². The molecule has 0 bridgehead atoms. The Kier molecular flexibility index (Phi) is 8.33. The molecule has 1 amide bonds. The summed E-state index contributed by atoms with van der Waals surface area (Å²) in [6.45, 7) is 10.3. The van der Waals surface area contributed by atoms with E-state index in [0.29, 0.717) is 32.0 Å². The van der Waals surface area contributed by atoms with Crippen molar-refractivity contribution >= 4 is 34.1 Å². The lowest BCUT2D eigenvalue weighted by molar-refractivity contribution is -0.127. The lowest BCUT2D eigenvalue weighted by atomic mass is 10.3. The molecule has 8 heteroatoms. The first-order valence-corrected chi connectivity index (χ1v) is 8.48. The molecule has 0 saturated heterocycles. The van der Waals surface area contributed by atoms with E-state index in [-0.39, 0.29) is 5.91 Å². The van der Waals surface area contributed by atoms with E-state index in [0.717, 1.165) is 15.0 Å². The van der Waals surface area contributed by atoms with Crippen molar-refractivity contribution in [2.45, 2.75) is 18.2 Å². The Morgan fingerprint density at radius 1 is 1.52 bits per heavy atom. The summed E-state index contributed by atoms with van der Waals surface area (Å²) in [5.74, 6) is 0.461. The fourth-order valence-corrected chi connectivity index (χ4v) is 3.20. The summed E-state index contributed by atoms with van der Waals surface area (Å²) in [4.78, 5) is 13.9. The summed E-state index contributed by atoms with van der Waals surface area (Å²) in [7, 11) is 1.65. The molecular formula is C13H22N4O2S2. The van der Waals surface area contributed by atoms with Gasteiger partial charge in [-0.25, -0.2) is 0 Å². The molecular weight excluding hydrogens is 308 g/mol. The Balaban J connectivity index is 2.40. The van der Waals surface area contributed by atoms with Gasteiger partial charge < -0.3 is 15.0 Å². The van der Waals surface area contributed by atoms with Gasteiger partial charge in [-0.2, -0.15) is 0 Å². The Morgan fingerprint density at radius 2 is 2.29 bits per heavy atom. The minimum Gasteiger partial charge on any atom is -0.383 e. The number of anilines is 1. The van der Waals surface area contributed by atoms with Gasteiger partial charge in [0.1, 0.15) is 0 Å². The van der Waals surface area contributed by atoms with Gasteiger partial charge in [-0.3, -0.25) is 4.79 Å². The SMILES string of the molecule is C=C(C)CN(CC)C(=O)CSc1nnc(NCCOC)s1. The van der Waals surface area contributed by atoms with Crippen LogP contribution in [0.15, 0.2) is 16.5 Å². The molecule has 1 rings (SSSR count). The third kappa shape index (κ3) is 6.92. The number of aromatic nitrogens is 2. The number of nitrogens with one attached hydrogen (secondary N) is 1. The van der Waals surface area contributed by atoms with E-state index in [9.17, 15) is 4.79 Å². The van der Waals surface area contributed by atoms with Gasteiger partial charge in [-0.15, -0.1) is 10.2 Å². The van der Waals surface area contributed by atoms with Crippen LogP contribution in [0.1, 0.15) is 13.8 Å². The Morgan fingerprint density at radius 3 is 2.90 bits per heavy atom. The number of hydrogen-bond acceptors (Lipinski definition) is 7. The first-order valence-electron chi connectivity index (χ1n) is 6.68. The summed E-state index contributed by atoms with van der Waals surface area (Å²) in [5, 5.41) is 11.9. The van der Waals surface area contributed by atoms with Crippen LogP contribution in [0, 0.1) is 0 Å². The van der Waals surface area contributed by atoms with Gasteiger partial charge in [0.2, 0.25) is 11.0 Å². The van der Waals surface area contributed by atoms with Crippen LogP contribution in [-0.2, 0) is 9.53 Å². The molecule has 1 aromatic heterocycles. The van der Waals surface area contributed by atoms with Crippen LogP contribution in [0.4, 0.5) is 5.13 Å². The number of carbonyl (C=O) groups excluding carboxylic acids is 1. The molecule has 0 atom stereocenters. The van der Waals surface area contributed by atoms with E-state index < -0.39 is 0 Å². The molecule has 0 aromatic carbocycles. The molecule has 1 heterocycles. The van der Waals surface area contributed by atoms with Crippen LogP contribution < -0.4 is 5.32 Å². The monoisotopic (exact) mass is 330 g/mol. The van der Waals surface area contributed by atoms with Gasteiger partial charge in [-0.1, -0.05) is 35.3 Å². The zero-order chi connectivity index (χ0) is 15.7. The molecule has 0 radical (unpaired) electrons. The molecule has 0 saturated carbocycles. The van der Waals surface area contributed by atoms with E-state index >= 15 is 0 Å². The highest BCUT2D eigenvalue weighted by molar-refractivity contribution is 8.01. The number of methoxy groups -OCH3 is 1. The van der Waals surface area contributed by atoms with Crippen LogP contribution in [0.5, 0.6) is 0 Å². The van der Waals surface area contributed by atoms with Gasteiger partial charge in [0.05, 0.1) is 12.4 Å². The van der Waals surface area contributed by atoms with Crippen molar-refractivity contribution in [2.75, 3.05) is 44.4 Å². The lowest BCUT2D eigenvalue weighted by Gasteiger charge is -2.20. The Hall–Kier alpha value is -1.12. The van der Waals surface area contributed by atoms with Crippen molar-refractivity contribution in [2.24, 2.45) is 0 Å². The predicted molar refractivity (Wildman–Crippen MR) is 88.1 cm³/mol. The normalized spacial score (nSPS) is 10.4. The second-order valence-electron chi connectivity index (χ2n) is 4.45. The first-order chi connectivity index (χ1) is 10.1. The molecule has 21 heavy (non-hydrogen) atoms. The number of ether oxygens (including phenoxy) is 1. The number of thioether (sulfide) groups is 1. The molecule has 0 aliphatic heterocycles. The van der Waals surface area contributed by atoms with Crippen molar-refractivity contribution in [1.82, 2.24) is 15.1 Å². The van der Waals surface area contributed by atoms with Crippen molar-refractivity contribution in [1.29, 1.82) is 0 Å². The van der Waals surface area contributed by atoms with Crippen molar-refractivity contribution in [3.05, 3.63) is 12.2 Å². The van der Waals surface area contributed by atoms with Gasteiger partial charge in [-0.05, 0) is 13.8 Å². The smallest absolute Gasteiger partial charge is 0.233 e. The quantitative estimate of drug-likeness (QED) is 0.403. The number of carbonyl (C=O) groups is 1. The topological polar surface area (TPSA) is 67.4 Å². The second-order valence-corrected chi connectivity index (χ2v) is 6.65. The molecule has 0 aliphatic carbocycles. The second kappa shape index (κ2) is 9.75. The maximum Gasteiger partial charge on any atom is 0.233 e. The third-order valence-electron chi connectivity index (χ3n) is 2.50. The van der Waals surface area contributed by atoms with Crippen LogP contribution in [0.25, 0.3) is 0 Å². The summed E-state index contributed by atoms with van der Waals surface area (Å²) in [6.07, 6.45) is 0. The van der Waals surface area contributed by atoms with Gasteiger partial charge in [0, 0.05) is 26.7 Å². The number of amides is 1. The average Bonchev–Trinajstić information content (AvgIpc) is 2.90. The summed E-state index contributed by atoms with van der Waals surface area (Å²) in [5.41, 5.74) is 0.982. The molecule has 118 valence electrons. The standard InChI is InChI=1S/C13H22N4O2S2/c1-5-17(8-10(2)3)11(18)9-20-13-16-15-12(21-13)14-6-7-19-4/h2,5-9H2,1,3-4H3,(H,14,15). The Labute approximate surface area is 134 Å². The van der Waals surface area contributed by atoms with Gasteiger partial charge in [0.15, 0.2) is 4.34 Å². The molecule has 1 N–H and O–H groups in total. The summed E-state index contributed by atoms with van der Waals surface area (Å²) >= 11 is 2.86. The maximum atomic E-state index is 12.1. The molecule has 0 spiro atoms. The summed E-state index contributed by atoms with van der Waals surface area (Å²) < 4.78 is 5.74. The van der Waals surface area contributed by atoms with E-state index in [1.54, 1.807) is 12.0 Å². The maximum absolute atomic E-state index is 12.1. The van der Waals surface area contributed by atoms with Crippen LogP contribution in [0.3, 0.4) is 0 Å². The highest BCUT2D eigenvalue weighted by Crippen LogP contribution is 2.25. The highest BCUT2D eigenvalue weighted by Gasteiger charge is 2.13. The number of hydrogen-bond donors (Lipinski definition) is 1. The van der Waals surface area contributed by atoms with Crippen LogP contribution in [0.2, 0.25) is 0 Å². The van der Waals surface area contributed by atoms with E-state index in [4.69, 9.17) is 4.74 Å². The zero-order valence-corrected chi connectivity index (χ0v) is 14.4. The minimum absolute atomic E-state index is 0.0922. The highest BCUT2D eigenvalue weighted by atomic mass is 32.2. The van der Waals surface area contributed by atoms with Crippen LogP contribution in [-0.4, -0.2) is 60.1 Å². The third-order valence-corrected chi connectivity index (χ3v) is 4.50. The molecule has 1 aromatic rings. The predicted octanol–water partition coefficient (Wildman–Crippen LogP) is 2.11. The fraction of sp³-hybridized carbons (Fsp3) is 0.615. The van der Waals surface area contributed by atoms with E-state index in [2.05, 4.69) is 22.1 Å². The zero-order valence-electron chi connectivity index (χ0n) is 12.7. The Bertz CT molecular complexity index is 465. The number of rotatable bonds is 10. The fourth-order valence-electron chi connectivity index (χ4n) is 1.52. The van der Waals surface area contributed by atoms with Gasteiger partial charge >= 0.3 is 0 Å². The lowest BCUT2D eigenvalue weighted by Crippen LogP contribution is -2.33. The molecule has 6 nitrogen and oxygen atoms in total. The minimum atomic E-state index is 0.0922. The van der Waals surface area contributed by atoms with Crippen LogP contribution >= 0.6 is 23.1 Å². The average molecular weight is 330 g/mol. The molecule has 0 fully saturated rings. The summed E-state index contributed by atoms with van der Waals surface area (Å²) in [6, 6.07) is 0. The molecule has 0 unspecified atom stereocenters. The van der Waals surface area contributed by atoms with Crippen molar-refractivity contribution in [3.8, 4) is 0 Å². The van der Waals surface area contributed by atoms with Crippen molar-refractivity contribution in [3.63, 3.8) is 0 Å².